The zero-order chi connectivity index (χ0) is 19.3. The Labute approximate surface area is 160 Å². The van der Waals surface area contributed by atoms with Crippen molar-refractivity contribution in [1.29, 1.82) is 0 Å². The molecule has 2 aromatic rings. The lowest BCUT2D eigenvalue weighted by molar-refractivity contribution is -0.142. The van der Waals surface area contributed by atoms with E-state index in [1.165, 1.54) is 24.3 Å². The third-order valence-corrected chi connectivity index (χ3v) is 3.98. The molecule has 1 N–H and O–H groups in total. The fourth-order valence-electron chi connectivity index (χ4n) is 2.21. The molecule has 26 heavy (non-hydrogen) atoms. The number of anilines is 1. The van der Waals surface area contributed by atoms with Crippen LogP contribution in [0.5, 0.6) is 0 Å². The lowest BCUT2D eigenvalue weighted by Gasteiger charge is -2.11. The number of esters is 1. The van der Waals surface area contributed by atoms with Crippen LogP contribution in [0.2, 0.25) is 10.0 Å². The Hall–Kier alpha value is -2.37. The van der Waals surface area contributed by atoms with E-state index in [0.717, 1.165) is 17.2 Å². The molecule has 0 saturated heterocycles. The van der Waals surface area contributed by atoms with Gasteiger partial charge in [-0.15, -0.1) is 0 Å². The minimum Gasteiger partial charge on any atom is -0.452 e. The fraction of sp³-hybridized carbons (Fsp3) is 0.158. The Morgan fingerprint density at radius 1 is 1.15 bits per heavy atom. The second kappa shape index (κ2) is 8.83. The van der Waals surface area contributed by atoms with Crippen molar-refractivity contribution in [3.8, 4) is 0 Å². The number of hydrogen-bond donors (Lipinski definition) is 1. The van der Waals surface area contributed by atoms with Gasteiger partial charge in [0.15, 0.2) is 6.61 Å². The monoisotopic (exact) mass is 395 g/mol. The first-order valence-corrected chi connectivity index (χ1v) is 8.38. The molecule has 0 bridgehead atoms. The standard InChI is InChI=1S/C19H16Cl2FNO3/c1-11-7-12(2)19(15(21)8-11)23-17(24)10-26-18(25)6-4-13-3-5-16(22)14(20)9-13/h3-9H,10H2,1-2H3,(H,23,24)/b6-4+. The van der Waals surface area contributed by atoms with E-state index in [-0.39, 0.29) is 5.02 Å². The van der Waals surface area contributed by atoms with Crippen LogP contribution >= 0.6 is 23.2 Å². The quantitative estimate of drug-likeness (QED) is 0.575. The number of benzene rings is 2. The summed E-state index contributed by atoms with van der Waals surface area (Å²) in [5.41, 5.74) is 2.79. The van der Waals surface area contributed by atoms with Crippen LogP contribution in [0.25, 0.3) is 6.08 Å². The van der Waals surface area contributed by atoms with Gasteiger partial charge in [0, 0.05) is 6.08 Å². The van der Waals surface area contributed by atoms with Crippen molar-refractivity contribution in [2.75, 3.05) is 11.9 Å². The van der Waals surface area contributed by atoms with Crippen LogP contribution in [0.15, 0.2) is 36.4 Å². The molecule has 0 saturated carbocycles. The number of carbonyl (C=O) groups is 2. The summed E-state index contributed by atoms with van der Waals surface area (Å²) in [6.07, 6.45) is 2.54. The molecular weight excluding hydrogens is 380 g/mol. The van der Waals surface area contributed by atoms with Crippen LogP contribution < -0.4 is 5.32 Å². The summed E-state index contributed by atoms with van der Waals surface area (Å²) in [5, 5.41) is 2.98. The first-order chi connectivity index (χ1) is 12.3. The molecule has 0 heterocycles. The highest BCUT2D eigenvalue weighted by Crippen LogP contribution is 2.27. The van der Waals surface area contributed by atoms with Crippen LogP contribution in [0.3, 0.4) is 0 Å². The Balaban J connectivity index is 1.90. The summed E-state index contributed by atoms with van der Waals surface area (Å²) in [6, 6.07) is 7.63. The molecule has 2 rings (SSSR count). The molecular formula is C19H16Cl2FNO3. The van der Waals surface area contributed by atoms with Crippen molar-refractivity contribution in [1.82, 2.24) is 0 Å². The van der Waals surface area contributed by atoms with Gasteiger partial charge in [0.25, 0.3) is 5.91 Å². The van der Waals surface area contributed by atoms with Crippen LogP contribution in [0.4, 0.5) is 10.1 Å². The van der Waals surface area contributed by atoms with Gasteiger partial charge in [0.2, 0.25) is 0 Å². The average molecular weight is 396 g/mol. The first kappa shape index (κ1) is 19.9. The molecule has 7 heteroatoms. The summed E-state index contributed by atoms with van der Waals surface area (Å²) in [7, 11) is 0. The highest BCUT2D eigenvalue weighted by Gasteiger charge is 2.11. The highest BCUT2D eigenvalue weighted by atomic mass is 35.5. The molecule has 0 fully saturated rings. The predicted molar refractivity (Wildman–Crippen MR) is 101 cm³/mol. The van der Waals surface area contributed by atoms with E-state index in [0.29, 0.717) is 16.3 Å². The smallest absolute Gasteiger partial charge is 0.331 e. The zero-order valence-electron chi connectivity index (χ0n) is 14.1. The van der Waals surface area contributed by atoms with Crippen LogP contribution in [-0.4, -0.2) is 18.5 Å². The average Bonchev–Trinajstić information content (AvgIpc) is 2.57. The summed E-state index contributed by atoms with van der Waals surface area (Å²) < 4.78 is 17.9. The molecule has 1 amide bonds. The molecule has 0 spiro atoms. The molecule has 0 aliphatic rings. The molecule has 0 aliphatic carbocycles. The number of halogens is 3. The van der Waals surface area contributed by atoms with Crippen LogP contribution in [0.1, 0.15) is 16.7 Å². The fourth-order valence-corrected chi connectivity index (χ4v) is 2.77. The number of carbonyl (C=O) groups excluding carboxylic acids is 2. The van der Waals surface area contributed by atoms with Crippen molar-refractivity contribution in [2.45, 2.75) is 13.8 Å². The summed E-state index contributed by atoms with van der Waals surface area (Å²) in [4.78, 5) is 23.6. The maximum absolute atomic E-state index is 13.1. The van der Waals surface area contributed by atoms with Crippen molar-refractivity contribution < 1.29 is 18.7 Å². The van der Waals surface area contributed by atoms with Crippen molar-refractivity contribution in [3.63, 3.8) is 0 Å². The number of nitrogens with one attached hydrogen (secondary N) is 1. The van der Waals surface area contributed by atoms with E-state index in [1.54, 1.807) is 6.07 Å². The van der Waals surface area contributed by atoms with Crippen LogP contribution in [-0.2, 0) is 14.3 Å². The zero-order valence-corrected chi connectivity index (χ0v) is 15.6. The normalized spacial score (nSPS) is 10.8. The van der Waals surface area contributed by atoms with Gasteiger partial charge in [0.1, 0.15) is 5.82 Å². The molecule has 0 radical (unpaired) electrons. The van der Waals surface area contributed by atoms with Gasteiger partial charge >= 0.3 is 5.97 Å². The van der Waals surface area contributed by atoms with Crippen molar-refractivity contribution >= 4 is 46.8 Å². The summed E-state index contributed by atoms with van der Waals surface area (Å²) in [6.45, 7) is 3.25. The molecule has 2 aromatic carbocycles. The van der Waals surface area contributed by atoms with Gasteiger partial charge in [-0.3, -0.25) is 4.79 Å². The first-order valence-electron chi connectivity index (χ1n) is 7.62. The van der Waals surface area contributed by atoms with Gasteiger partial charge in [-0.25, -0.2) is 9.18 Å². The molecule has 0 unspecified atom stereocenters. The second-order valence-electron chi connectivity index (χ2n) is 5.60. The number of ether oxygens (including phenoxy) is 1. The maximum atomic E-state index is 13.1. The van der Waals surface area contributed by atoms with E-state index in [9.17, 15) is 14.0 Å². The minimum absolute atomic E-state index is 0.0507. The third-order valence-electron chi connectivity index (χ3n) is 3.40. The van der Waals surface area contributed by atoms with Gasteiger partial charge in [0.05, 0.1) is 15.7 Å². The van der Waals surface area contributed by atoms with Crippen LogP contribution in [0, 0.1) is 19.7 Å². The van der Waals surface area contributed by atoms with E-state index in [1.807, 2.05) is 19.9 Å². The van der Waals surface area contributed by atoms with Crippen molar-refractivity contribution in [3.05, 3.63) is 69.0 Å². The highest BCUT2D eigenvalue weighted by molar-refractivity contribution is 6.34. The van der Waals surface area contributed by atoms with Gasteiger partial charge < -0.3 is 10.1 Å². The molecule has 0 atom stereocenters. The maximum Gasteiger partial charge on any atom is 0.331 e. The lowest BCUT2D eigenvalue weighted by atomic mass is 10.1. The second-order valence-corrected chi connectivity index (χ2v) is 6.42. The third kappa shape index (κ3) is 5.58. The van der Waals surface area contributed by atoms with E-state index in [4.69, 9.17) is 27.9 Å². The van der Waals surface area contributed by atoms with E-state index >= 15 is 0 Å². The Bertz CT molecular complexity index is 858. The summed E-state index contributed by atoms with van der Waals surface area (Å²) >= 11 is 11.8. The molecule has 4 nitrogen and oxygen atoms in total. The topological polar surface area (TPSA) is 55.4 Å². The SMILES string of the molecule is Cc1cc(C)c(NC(=O)COC(=O)/C=C/c2ccc(F)c(Cl)c2)c(Cl)c1. The van der Waals surface area contributed by atoms with Gasteiger partial charge in [-0.05, 0) is 54.8 Å². The molecule has 0 aliphatic heterocycles. The lowest BCUT2D eigenvalue weighted by Crippen LogP contribution is -2.20. The van der Waals surface area contributed by atoms with Gasteiger partial charge in [-0.1, -0.05) is 35.3 Å². The minimum atomic E-state index is -0.715. The number of amides is 1. The summed E-state index contributed by atoms with van der Waals surface area (Å²) in [5.74, 6) is -1.77. The van der Waals surface area contributed by atoms with E-state index in [2.05, 4.69) is 5.32 Å². The Morgan fingerprint density at radius 3 is 2.54 bits per heavy atom. The Morgan fingerprint density at radius 2 is 1.88 bits per heavy atom. The van der Waals surface area contributed by atoms with E-state index < -0.39 is 24.3 Å². The largest absolute Gasteiger partial charge is 0.452 e. The van der Waals surface area contributed by atoms with Gasteiger partial charge in [-0.2, -0.15) is 0 Å². The number of aryl methyl sites for hydroxylation is 2. The number of rotatable bonds is 5. The predicted octanol–water partition coefficient (Wildman–Crippen LogP) is 4.94. The Kier molecular flexibility index (Phi) is 6.77. The number of hydrogen-bond acceptors (Lipinski definition) is 3. The van der Waals surface area contributed by atoms with Crippen molar-refractivity contribution in [2.24, 2.45) is 0 Å². The molecule has 0 aromatic heterocycles. The molecule has 136 valence electrons.